The fraction of sp³-hybridized carbons (Fsp3) is 0.417. The van der Waals surface area contributed by atoms with Crippen molar-refractivity contribution in [2.45, 2.75) is 26.4 Å². The van der Waals surface area contributed by atoms with Gasteiger partial charge in [0, 0.05) is 6.42 Å². The van der Waals surface area contributed by atoms with Gasteiger partial charge < -0.3 is 5.11 Å². The average Bonchev–Trinajstić information content (AvgIpc) is 2.29. The van der Waals surface area contributed by atoms with Crippen LogP contribution in [0.1, 0.15) is 23.6 Å². The molecular weight excluding hydrogens is 212 g/mol. The van der Waals surface area contributed by atoms with Crippen molar-refractivity contribution in [1.82, 2.24) is 0 Å². The third kappa shape index (κ3) is 3.33. The molecule has 1 N–H and O–H groups in total. The van der Waals surface area contributed by atoms with Gasteiger partial charge in [-0.3, -0.25) is 4.79 Å². The first-order valence-corrected chi connectivity index (χ1v) is 5.54. The number of benzene rings is 1. The molecule has 1 aromatic carbocycles. The molecule has 0 unspecified atom stereocenters. The van der Waals surface area contributed by atoms with E-state index in [9.17, 15) is 9.90 Å². The highest BCUT2D eigenvalue weighted by Gasteiger charge is 2.07. The first kappa shape index (κ1) is 12.2. The van der Waals surface area contributed by atoms with Crippen molar-refractivity contribution in [1.29, 1.82) is 0 Å². The van der Waals surface area contributed by atoms with Crippen LogP contribution in [0, 0.1) is 0 Å². The first-order chi connectivity index (χ1) is 7.21. The zero-order chi connectivity index (χ0) is 11.3. The van der Waals surface area contributed by atoms with Gasteiger partial charge in [0.1, 0.15) is 0 Å². The molecule has 0 heterocycles. The smallest absolute Gasteiger partial charge is 0.151 e. The Morgan fingerprint density at radius 1 is 1.40 bits per heavy atom. The van der Waals surface area contributed by atoms with E-state index in [4.69, 9.17) is 11.6 Å². The fourth-order valence-corrected chi connectivity index (χ4v) is 1.57. The Bertz CT molecular complexity index is 347. The predicted molar refractivity (Wildman–Crippen MR) is 61.2 cm³/mol. The van der Waals surface area contributed by atoms with Crippen LogP contribution in [0.4, 0.5) is 0 Å². The highest BCUT2D eigenvalue weighted by atomic mass is 35.5. The van der Waals surface area contributed by atoms with E-state index in [0.29, 0.717) is 6.42 Å². The van der Waals surface area contributed by atoms with E-state index in [2.05, 4.69) is 6.92 Å². The minimum Gasteiger partial charge on any atom is -0.392 e. The molecule has 0 atom stereocenters. The van der Waals surface area contributed by atoms with Gasteiger partial charge in [0.15, 0.2) is 5.78 Å². The summed E-state index contributed by atoms with van der Waals surface area (Å²) in [5.41, 5.74) is 2.87. The Balaban J connectivity index is 2.92. The van der Waals surface area contributed by atoms with Crippen LogP contribution < -0.4 is 0 Å². The summed E-state index contributed by atoms with van der Waals surface area (Å²) >= 11 is 5.44. The number of aliphatic hydroxyl groups is 1. The molecule has 0 aliphatic heterocycles. The first-order valence-electron chi connectivity index (χ1n) is 5.00. The van der Waals surface area contributed by atoms with Gasteiger partial charge in [0.2, 0.25) is 0 Å². The third-order valence-electron chi connectivity index (χ3n) is 2.39. The van der Waals surface area contributed by atoms with Crippen molar-refractivity contribution < 1.29 is 9.90 Å². The molecule has 0 saturated carbocycles. The van der Waals surface area contributed by atoms with Crippen molar-refractivity contribution in [3.8, 4) is 0 Å². The van der Waals surface area contributed by atoms with Crippen LogP contribution in [-0.4, -0.2) is 16.8 Å². The lowest BCUT2D eigenvalue weighted by atomic mass is 9.99. The topological polar surface area (TPSA) is 37.3 Å². The normalized spacial score (nSPS) is 10.3. The minimum absolute atomic E-state index is 0.0179. The Morgan fingerprint density at radius 3 is 2.67 bits per heavy atom. The number of rotatable bonds is 5. The number of hydrogen-bond acceptors (Lipinski definition) is 2. The minimum atomic E-state index is -0.0290. The van der Waals surface area contributed by atoms with Crippen molar-refractivity contribution in [3.05, 3.63) is 34.9 Å². The molecule has 1 aromatic rings. The van der Waals surface area contributed by atoms with Crippen molar-refractivity contribution >= 4 is 17.4 Å². The highest BCUT2D eigenvalue weighted by molar-refractivity contribution is 6.27. The number of aliphatic hydroxyl groups excluding tert-OH is 1. The van der Waals surface area contributed by atoms with Crippen molar-refractivity contribution in [2.24, 2.45) is 0 Å². The van der Waals surface area contributed by atoms with Gasteiger partial charge in [-0.25, -0.2) is 0 Å². The number of aryl methyl sites for hydroxylation is 1. The van der Waals surface area contributed by atoms with Gasteiger partial charge in [-0.1, -0.05) is 25.1 Å². The molecule has 0 radical (unpaired) electrons. The van der Waals surface area contributed by atoms with Gasteiger partial charge in [-0.05, 0) is 23.1 Å². The second-order valence-electron chi connectivity index (χ2n) is 3.46. The van der Waals surface area contributed by atoms with Gasteiger partial charge in [-0.15, -0.1) is 11.6 Å². The molecule has 0 aliphatic rings. The Morgan fingerprint density at radius 2 is 2.13 bits per heavy atom. The second kappa shape index (κ2) is 5.89. The molecule has 0 amide bonds. The molecule has 3 heteroatoms. The highest BCUT2D eigenvalue weighted by Crippen LogP contribution is 2.14. The molecule has 0 fully saturated rings. The van der Waals surface area contributed by atoms with E-state index in [1.165, 1.54) is 5.56 Å². The summed E-state index contributed by atoms with van der Waals surface area (Å²) in [5, 5.41) is 9.18. The molecule has 15 heavy (non-hydrogen) atoms. The zero-order valence-corrected chi connectivity index (χ0v) is 9.55. The van der Waals surface area contributed by atoms with Crippen LogP contribution in [0.3, 0.4) is 0 Å². The van der Waals surface area contributed by atoms with Crippen LogP contribution in [0.25, 0.3) is 0 Å². The van der Waals surface area contributed by atoms with Crippen molar-refractivity contribution in [2.75, 3.05) is 5.88 Å². The number of ketones is 1. The average molecular weight is 227 g/mol. The molecule has 2 nitrogen and oxygen atoms in total. The maximum absolute atomic E-state index is 11.2. The summed E-state index contributed by atoms with van der Waals surface area (Å²) in [6.45, 7) is 2.03. The van der Waals surface area contributed by atoms with E-state index in [1.54, 1.807) is 0 Å². The SMILES string of the molecule is CCc1ccc(CC(=O)CCl)c(CO)c1. The molecule has 1 rings (SSSR count). The summed E-state index contributed by atoms with van der Waals surface area (Å²) in [7, 11) is 0. The molecule has 0 saturated heterocycles. The summed E-state index contributed by atoms with van der Waals surface area (Å²) in [5.74, 6) is 0.0102. The van der Waals surface area contributed by atoms with Crippen molar-refractivity contribution in [3.63, 3.8) is 0 Å². The maximum Gasteiger partial charge on any atom is 0.151 e. The Labute approximate surface area is 94.9 Å². The zero-order valence-electron chi connectivity index (χ0n) is 8.79. The molecular formula is C12H15ClO2. The number of hydrogen-bond donors (Lipinski definition) is 1. The Kier molecular flexibility index (Phi) is 4.79. The van der Waals surface area contributed by atoms with Gasteiger partial charge in [0.25, 0.3) is 0 Å². The van der Waals surface area contributed by atoms with Crippen LogP contribution in [0.15, 0.2) is 18.2 Å². The lowest BCUT2D eigenvalue weighted by Crippen LogP contribution is -2.06. The quantitative estimate of drug-likeness (QED) is 0.781. The van der Waals surface area contributed by atoms with Crippen LogP contribution in [0.2, 0.25) is 0 Å². The Hall–Kier alpha value is -0.860. The summed E-state index contributed by atoms with van der Waals surface area (Å²) in [6, 6.07) is 5.82. The van der Waals surface area contributed by atoms with E-state index in [1.807, 2.05) is 18.2 Å². The third-order valence-corrected chi connectivity index (χ3v) is 2.68. The number of carbonyl (C=O) groups is 1. The largest absolute Gasteiger partial charge is 0.392 e. The standard InChI is InChI=1S/C12H15ClO2/c1-2-9-3-4-10(6-12(15)7-13)11(5-9)8-14/h3-5,14H,2,6-8H2,1H3. The molecule has 0 bridgehead atoms. The number of Topliss-reactive ketones (excluding diaryl/α,β-unsaturated/α-hetero) is 1. The summed E-state index contributed by atoms with van der Waals surface area (Å²) in [6.07, 6.45) is 1.24. The number of halogens is 1. The number of carbonyl (C=O) groups excluding carboxylic acids is 1. The second-order valence-corrected chi connectivity index (χ2v) is 3.73. The van der Waals surface area contributed by atoms with Crippen LogP contribution in [-0.2, 0) is 24.2 Å². The summed E-state index contributed by atoms with van der Waals surface area (Å²) in [4.78, 5) is 11.2. The fourth-order valence-electron chi connectivity index (χ4n) is 1.48. The van der Waals surface area contributed by atoms with Gasteiger partial charge in [0.05, 0.1) is 12.5 Å². The molecule has 82 valence electrons. The number of alkyl halides is 1. The van der Waals surface area contributed by atoms with Crippen LogP contribution in [0.5, 0.6) is 0 Å². The summed E-state index contributed by atoms with van der Waals surface area (Å²) < 4.78 is 0. The van der Waals surface area contributed by atoms with E-state index in [-0.39, 0.29) is 18.3 Å². The molecule has 0 aliphatic carbocycles. The van der Waals surface area contributed by atoms with Crippen LogP contribution >= 0.6 is 11.6 Å². The predicted octanol–water partition coefficient (Wildman–Crippen LogP) is 2.09. The van der Waals surface area contributed by atoms with E-state index < -0.39 is 0 Å². The monoisotopic (exact) mass is 226 g/mol. The molecule has 0 aromatic heterocycles. The lowest BCUT2D eigenvalue weighted by molar-refractivity contribution is -0.116. The lowest BCUT2D eigenvalue weighted by Gasteiger charge is -2.08. The van der Waals surface area contributed by atoms with Gasteiger partial charge >= 0.3 is 0 Å². The van der Waals surface area contributed by atoms with Gasteiger partial charge in [-0.2, -0.15) is 0 Å². The molecule has 0 spiro atoms. The maximum atomic E-state index is 11.2. The van der Waals surface area contributed by atoms with E-state index in [0.717, 1.165) is 17.5 Å². The van der Waals surface area contributed by atoms with E-state index >= 15 is 0 Å².